The average Bonchev–Trinajstić information content (AvgIpc) is 3.39. The number of ether oxygens (including phenoxy) is 2. The van der Waals surface area contributed by atoms with E-state index in [4.69, 9.17) is 9.47 Å². The molecule has 35 heavy (non-hydrogen) atoms. The van der Waals surface area contributed by atoms with Crippen molar-refractivity contribution in [1.29, 1.82) is 0 Å². The molecule has 0 radical (unpaired) electrons. The van der Waals surface area contributed by atoms with E-state index in [9.17, 15) is 19.5 Å². The second-order valence-corrected chi connectivity index (χ2v) is 9.47. The summed E-state index contributed by atoms with van der Waals surface area (Å²) in [5, 5.41) is 15.1. The van der Waals surface area contributed by atoms with Crippen molar-refractivity contribution in [3.8, 4) is 11.1 Å². The minimum Gasteiger partial charge on any atom is -0.481 e. The number of hydrogen-bond donors (Lipinski definition) is 3. The number of carboxylic acids is 1. The Morgan fingerprint density at radius 2 is 1.74 bits per heavy atom. The third-order valence-electron chi connectivity index (χ3n) is 7.16. The van der Waals surface area contributed by atoms with Gasteiger partial charge in [-0.2, -0.15) is 0 Å². The van der Waals surface area contributed by atoms with Crippen molar-refractivity contribution in [3.05, 3.63) is 59.7 Å². The van der Waals surface area contributed by atoms with Crippen LogP contribution in [0, 0.1) is 5.41 Å². The van der Waals surface area contributed by atoms with Gasteiger partial charge in [0.15, 0.2) is 0 Å². The molecule has 1 aliphatic carbocycles. The van der Waals surface area contributed by atoms with Gasteiger partial charge in [-0.3, -0.25) is 9.59 Å². The Balaban J connectivity index is 1.27. The number of alkyl carbamates (subject to hydrolysis) is 1. The number of carboxylic acid groups (broad SMARTS) is 1. The Hall–Kier alpha value is -3.39. The molecule has 1 fully saturated rings. The number of carbonyl (C=O) groups excluding carboxylic acids is 2. The van der Waals surface area contributed by atoms with Crippen molar-refractivity contribution < 1.29 is 29.0 Å². The van der Waals surface area contributed by atoms with Crippen LogP contribution in [-0.4, -0.2) is 55.0 Å². The predicted octanol–water partition coefficient (Wildman–Crippen LogP) is 3.69. The van der Waals surface area contributed by atoms with E-state index in [-0.39, 0.29) is 44.1 Å². The van der Waals surface area contributed by atoms with Crippen LogP contribution in [0.15, 0.2) is 48.5 Å². The molecule has 8 heteroatoms. The van der Waals surface area contributed by atoms with Crippen molar-refractivity contribution >= 4 is 18.0 Å². The standard InChI is InChI=1S/C27H32N2O6/c1-3-17(12-13-24(30)29-23-15-34-16-27(23,2)25(31)32)28-26(33)35-14-22-20-10-6-4-8-18(20)19-9-5-7-11-21(19)22/h4-11,17,22-23H,3,12-16H2,1-2H3,(H,28,33)(H,29,30)(H,31,32). The Morgan fingerprint density at radius 3 is 2.34 bits per heavy atom. The average molecular weight is 481 g/mol. The maximum absolute atomic E-state index is 12.6. The van der Waals surface area contributed by atoms with Crippen molar-refractivity contribution in [2.45, 2.75) is 51.1 Å². The summed E-state index contributed by atoms with van der Waals surface area (Å²) in [5.41, 5.74) is 3.49. The summed E-state index contributed by atoms with van der Waals surface area (Å²) in [4.78, 5) is 36.6. The van der Waals surface area contributed by atoms with E-state index in [0.29, 0.717) is 12.8 Å². The number of benzene rings is 2. The molecule has 4 rings (SSSR count). The van der Waals surface area contributed by atoms with Gasteiger partial charge in [-0.05, 0) is 42.0 Å². The fourth-order valence-electron chi connectivity index (χ4n) is 4.84. The molecule has 3 unspecified atom stereocenters. The maximum atomic E-state index is 12.6. The van der Waals surface area contributed by atoms with Crippen LogP contribution < -0.4 is 10.6 Å². The zero-order valence-corrected chi connectivity index (χ0v) is 20.1. The highest BCUT2D eigenvalue weighted by molar-refractivity contribution is 5.81. The van der Waals surface area contributed by atoms with E-state index in [1.807, 2.05) is 31.2 Å². The van der Waals surface area contributed by atoms with Crippen molar-refractivity contribution in [1.82, 2.24) is 10.6 Å². The topological polar surface area (TPSA) is 114 Å². The number of fused-ring (bicyclic) bond motifs is 3. The van der Waals surface area contributed by atoms with Crippen LogP contribution in [0.25, 0.3) is 11.1 Å². The lowest BCUT2D eigenvalue weighted by Crippen LogP contribution is -2.49. The first-order valence-electron chi connectivity index (χ1n) is 12.1. The molecule has 1 heterocycles. The van der Waals surface area contributed by atoms with Gasteiger partial charge in [0.1, 0.15) is 12.0 Å². The summed E-state index contributed by atoms with van der Waals surface area (Å²) in [6, 6.07) is 15.5. The summed E-state index contributed by atoms with van der Waals surface area (Å²) < 4.78 is 10.9. The Morgan fingerprint density at radius 1 is 1.11 bits per heavy atom. The van der Waals surface area contributed by atoms with E-state index >= 15 is 0 Å². The molecule has 8 nitrogen and oxygen atoms in total. The van der Waals surface area contributed by atoms with Crippen LogP contribution in [0.5, 0.6) is 0 Å². The molecule has 186 valence electrons. The molecular formula is C27H32N2O6. The van der Waals surface area contributed by atoms with E-state index in [1.165, 1.54) is 11.1 Å². The number of aliphatic carboxylic acids is 1. The van der Waals surface area contributed by atoms with Crippen LogP contribution in [0.2, 0.25) is 0 Å². The Bertz CT molecular complexity index is 1060. The van der Waals surface area contributed by atoms with Crippen LogP contribution >= 0.6 is 0 Å². The largest absolute Gasteiger partial charge is 0.481 e. The summed E-state index contributed by atoms with van der Waals surface area (Å²) in [6.45, 7) is 3.96. The van der Waals surface area contributed by atoms with Gasteiger partial charge in [0.2, 0.25) is 5.91 Å². The molecule has 2 aliphatic rings. The summed E-state index contributed by atoms with van der Waals surface area (Å²) in [6.07, 6.45) is 0.705. The highest BCUT2D eigenvalue weighted by atomic mass is 16.5. The zero-order valence-electron chi connectivity index (χ0n) is 20.1. The van der Waals surface area contributed by atoms with Crippen LogP contribution in [0.3, 0.4) is 0 Å². The quantitative estimate of drug-likeness (QED) is 0.504. The second-order valence-electron chi connectivity index (χ2n) is 9.47. The minimum atomic E-state index is -1.14. The molecule has 0 saturated carbocycles. The lowest BCUT2D eigenvalue weighted by molar-refractivity contribution is -0.149. The number of amides is 2. The van der Waals surface area contributed by atoms with Gasteiger partial charge >= 0.3 is 12.1 Å². The fraction of sp³-hybridized carbons (Fsp3) is 0.444. The summed E-state index contributed by atoms with van der Waals surface area (Å²) in [5.74, 6) is -1.28. The second kappa shape index (κ2) is 10.5. The SMILES string of the molecule is CCC(CCC(=O)NC1COCC1(C)C(=O)O)NC(=O)OCC1c2ccccc2-c2ccccc21. The monoisotopic (exact) mass is 480 g/mol. The van der Waals surface area contributed by atoms with Gasteiger partial charge in [-0.15, -0.1) is 0 Å². The predicted molar refractivity (Wildman–Crippen MR) is 130 cm³/mol. The smallest absolute Gasteiger partial charge is 0.407 e. The number of carbonyl (C=O) groups is 3. The van der Waals surface area contributed by atoms with Gasteiger partial charge in [0, 0.05) is 18.4 Å². The van der Waals surface area contributed by atoms with E-state index in [1.54, 1.807) is 6.92 Å². The lowest BCUT2D eigenvalue weighted by atomic mass is 9.85. The van der Waals surface area contributed by atoms with E-state index < -0.39 is 23.5 Å². The molecule has 2 aromatic rings. The van der Waals surface area contributed by atoms with E-state index in [2.05, 4.69) is 34.9 Å². The third-order valence-corrected chi connectivity index (χ3v) is 7.16. The first-order valence-corrected chi connectivity index (χ1v) is 12.1. The molecule has 3 atom stereocenters. The minimum absolute atomic E-state index is 0.0174. The highest BCUT2D eigenvalue weighted by Gasteiger charge is 2.47. The molecule has 0 aromatic heterocycles. The van der Waals surface area contributed by atoms with Crippen LogP contribution in [-0.2, 0) is 19.1 Å². The molecule has 2 amide bonds. The van der Waals surface area contributed by atoms with Crippen LogP contribution in [0.4, 0.5) is 4.79 Å². The normalized spacial score (nSPS) is 21.6. The molecule has 2 aromatic carbocycles. The van der Waals surface area contributed by atoms with Crippen molar-refractivity contribution in [2.75, 3.05) is 19.8 Å². The van der Waals surface area contributed by atoms with Gasteiger partial charge in [-0.25, -0.2) is 4.79 Å². The Labute approximate surface area is 205 Å². The number of rotatable bonds is 9. The maximum Gasteiger partial charge on any atom is 0.407 e. The first kappa shape index (κ1) is 24.7. The van der Waals surface area contributed by atoms with Gasteiger partial charge in [0.25, 0.3) is 0 Å². The molecule has 0 spiro atoms. The number of hydrogen-bond acceptors (Lipinski definition) is 5. The third kappa shape index (κ3) is 5.17. The summed E-state index contributed by atoms with van der Waals surface area (Å²) >= 11 is 0. The first-order chi connectivity index (χ1) is 16.8. The van der Waals surface area contributed by atoms with E-state index in [0.717, 1.165) is 11.1 Å². The van der Waals surface area contributed by atoms with Crippen LogP contribution in [0.1, 0.15) is 50.2 Å². The van der Waals surface area contributed by atoms with Gasteiger partial charge in [0.05, 0.1) is 19.3 Å². The molecule has 1 saturated heterocycles. The van der Waals surface area contributed by atoms with Crippen molar-refractivity contribution in [2.24, 2.45) is 5.41 Å². The van der Waals surface area contributed by atoms with Gasteiger partial charge < -0.3 is 25.2 Å². The fourth-order valence-corrected chi connectivity index (χ4v) is 4.84. The molecular weight excluding hydrogens is 448 g/mol. The lowest BCUT2D eigenvalue weighted by Gasteiger charge is -2.25. The van der Waals surface area contributed by atoms with Crippen molar-refractivity contribution in [3.63, 3.8) is 0 Å². The Kier molecular flexibility index (Phi) is 7.40. The highest BCUT2D eigenvalue weighted by Crippen LogP contribution is 2.44. The molecule has 1 aliphatic heterocycles. The zero-order chi connectivity index (χ0) is 25.0. The molecule has 0 bridgehead atoms. The van der Waals surface area contributed by atoms with Gasteiger partial charge in [-0.1, -0.05) is 55.5 Å². The molecule has 3 N–H and O–H groups in total. The number of nitrogens with one attached hydrogen (secondary N) is 2. The summed E-state index contributed by atoms with van der Waals surface area (Å²) in [7, 11) is 0.